The summed E-state index contributed by atoms with van der Waals surface area (Å²) in [5, 5.41) is 0. The van der Waals surface area contributed by atoms with E-state index in [2.05, 4.69) is 4.72 Å². The molecule has 1 N–H and O–H groups in total. The molecule has 66 valence electrons. The minimum absolute atomic E-state index is 0.0991. The van der Waals surface area contributed by atoms with E-state index in [0.717, 1.165) is 0 Å². The number of sulfonamides is 1. The van der Waals surface area contributed by atoms with Gasteiger partial charge in [-0.05, 0) is 19.1 Å². The van der Waals surface area contributed by atoms with E-state index in [1.807, 2.05) is 6.07 Å². The Labute approximate surface area is 72.5 Å². The molecule has 0 aliphatic carbocycles. The van der Waals surface area contributed by atoms with Crippen molar-refractivity contribution in [3.63, 3.8) is 0 Å². The molecule has 0 saturated heterocycles. The average Bonchev–Trinajstić information content (AvgIpc) is 2.06. The fourth-order valence-electron chi connectivity index (χ4n) is 0.758. The van der Waals surface area contributed by atoms with Crippen LogP contribution in [0.3, 0.4) is 0 Å². The van der Waals surface area contributed by atoms with Crippen molar-refractivity contribution in [3.8, 4) is 0 Å². The molecule has 1 aromatic rings. The molecule has 0 saturated carbocycles. The maximum Gasteiger partial charge on any atom is 0.232 e. The van der Waals surface area contributed by atoms with Gasteiger partial charge in [-0.3, -0.25) is 4.72 Å². The Morgan fingerprint density at radius 3 is 2.33 bits per heavy atom. The highest BCUT2D eigenvalue weighted by atomic mass is 32.2. The van der Waals surface area contributed by atoms with Crippen molar-refractivity contribution in [2.24, 2.45) is 0 Å². The lowest BCUT2D eigenvalue weighted by atomic mass is 10.3. The highest BCUT2D eigenvalue weighted by Gasteiger charge is 2.04. The summed E-state index contributed by atoms with van der Waals surface area (Å²) >= 11 is 0. The lowest BCUT2D eigenvalue weighted by molar-refractivity contribution is 0.602. The van der Waals surface area contributed by atoms with Crippen LogP contribution in [0.5, 0.6) is 0 Å². The second kappa shape index (κ2) is 3.58. The molecule has 12 heavy (non-hydrogen) atoms. The van der Waals surface area contributed by atoms with E-state index in [0.29, 0.717) is 5.69 Å². The van der Waals surface area contributed by atoms with Crippen LogP contribution in [0.4, 0.5) is 5.69 Å². The largest absolute Gasteiger partial charge is 0.284 e. The van der Waals surface area contributed by atoms with Crippen molar-refractivity contribution in [1.82, 2.24) is 0 Å². The SMILES string of the molecule is CCS(=O)(=O)Nc1ccccc1. The molecule has 1 rings (SSSR count). The third-order valence-electron chi connectivity index (χ3n) is 1.43. The highest BCUT2D eigenvalue weighted by Crippen LogP contribution is 2.07. The Bertz CT molecular complexity index is 331. The first-order valence-electron chi connectivity index (χ1n) is 3.69. The van der Waals surface area contributed by atoms with Gasteiger partial charge >= 0.3 is 0 Å². The van der Waals surface area contributed by atoms with Crippen molar-refractivity contribution in [1.29, 1.82) is 0 Å². The smallest absolute Gasteiger partial charge is 0.232 e. The Kier molecular flexibility index (Phi) is 2.70. The van der Waals surface area contributed by atoms with Gasteiger partial charge in [-0.15, -0.1) is 0 Å². The zero-order valence-electron chi connectivity index (χ0n) is 6.82. The highest BCUT2D eigenvalue weighted by molar-refractivity contribution is 7.92. The first-order chi connectivity index (χ1) is 5.64. The fourth-order valence-corrected chi connectivity index (χ4v) is 1.40. The van der Waals surface area contributed by atoms with Gasteiger partial charge in [-0.25, -0.2) is 8.42 Å². The van der Waals surface area contributed by atoms with Gasteiger partial charge in [0.2, 0.25) is 10.0 Å². The molecule has 0 bridgehead atoms. The number of anilines is 1. The zero-order chi connectivity index (χ0) is 9.03. The number of nitrogens with one attached hydrogen (secondary N) is 1. The molecular formula is C8H11NO2S. The molecule has 0 radical (unpaired) electrons. The van der Waals surface area contributed by atoms with E-state index >= 15 is 0 Å². The molecule has 0 spiro atoms. The summed E-state index contributed by atoms with van der Waals surface area (Å²) in [5.41, 5.74) is 0.611. The molecule has 0 amide bonds. The maximum atomic E-state index is 11.1. The molecule has 3 nitrogen and oxygen atoms in total. The minimum atomic E-state index is -3.12. The molecule has 1 aromatic carbocycles. The number of rotatable bonds is 3. The number of hydrogen-bond donors (Lipinski definition) is 1. The van der Waals surface area contributed by atoms with Crippen molar-refractivity contribution < 1.29 is 8.42 Å². The first kappa shape index (κ1) is 9.06. The van der Waals surface area contributed by atoms with Crippen LogP contribution in [0.25, 0.3) is 0 Å². The lowest BCUT2D eigenvalue weighted by Crippen LogP contribution is -2.14. The van der Waals surface area contributed by atoms with E-state index in [4.69, 9.17) is 0 Å². The van der Waals surface area contributed by atoms with Crippen LogP contribution in [0.15, 0.2) is 30.3 Å². The van der Waals surface area contributed by atoms with Crippen molar-refractivity contribution in [2.75, 3.05) is 10.5 Å². The quantitative estimate of drug-likeness (QED) is 0.774. The molecule has 0 heterocycles. The Balaban J connectivity index is 2.78. The predicted octanol–water partition coefficient (Wildman–Crippen LogP) is 1.45. The molecule has 0 fully saturated rings. The van der Waals surface area contributed by atoms with Crippen LogP contribution in [-0.4, -0.2) is 14.2 Å². The summed E-state index contributed by atoms with van der Waals surface area (Å²) in [7, 11) is -3.12. The van der Waals surface area contributed by atoms with Crippen LogP contribution in [0.1, 0.15) is 6.92 Å². The Morgan fingerprint density at radius 1 is 1.25 bits per heavy atom. The van der Waals surface area contributed by atoms with Crippen LogP contribution in [-0.2, 0) is 10.0 Å². The lowest BCUT2D eigenvalue weighted by Gasteiger charge is -2.04. The second-order valence-corrected chi connectivity index (χ2v) is 4.38. The Hall–Kier alpha value is -1.03. The molecular weight excluding hydrogens is 174 g/mol. The van der Waals surface area contributed by atoms with Crippen molar-refractivity contribution >= 4 is 15.7 Å². The van der Waals surface area contributed by atoms with E-state index in [1.54, 1.807) is 31.2 Å². The topological polar surface area (TPSA) is 46.2 Å². The molecule has 0 aliphatic heterocycles. The van der Waals surface area contributed by atoms with Crippen LogP contribution < -0.4 is 4.72 Å². The third-order valence-corrected chi connectivity index (χ3v) is 2.73. The summed E-state index contributed by atoms with van der Waals surface area (Å²) in [6, 6.07) is 8.84. The van der Waals surface area contributed by atoms with Gasteiger partial charge in [-0.2, -0.15) is 0 Å². The van der Waals surface area contributed by atoms with Gasteiger partial charge in [0, 0.05) is 5.69 Å². The van der Waals surface area contributed by atoms with Crippen molar-refractivity contribution in [2.45, 2.75) is 6.92 Å². The van der Waals surface area contributed by atoms with Crippen LogP contribution in [0.2, 0.25) is 0 Å². The van der Waals surface area contributed by atoms with Crippen LogP contribution >= 0.6 is 0 Å². The van der Waals surface area contributed by atoms with E-state index in [1.165, 1.54) is 0 Å². The number of hydrogen-bond acceptors (Lipinski definition) is 2. The average molecular weight is 185 g/mol. The molecule has 0 atom stereocenters. The van der Waals surface area contributed by atoms with Gasteiger partial charge < -0.3 is 0 Å². The number of para-hydroxylation sites is 1. The standard InChI is InChI=1S/C8H11NO2S/c1-2-12(10,11)9-8-6-4-3-5-7-8/h3-7,9H,2H2,1H3. The monoisotopic (exact) mass is 185 g/mol. The zero-order valence-corrected chi connectivity index (χ0v) is 7.64. The van der Waals surface area contributed by atoms with Gasteiger partial charge in [-0.1, -0.05) is 18.2 Å². The minimum Gasteiger partial charge on any atom is -0.284 e. The molecule has 0 aromatic heterocycles. The van der Waals surface area contributed by atoms with E-state index in [-0.39, 0.29) is 5.75 Å². The predicted molar refractivity (Wildman–Crippen MR) is 49.5 cm³/mol. The van der Waals surface area contributed by atoms with Crippen molar-refractivity contribution in [3.05, 3.63) is 30.3 Å². The fraction of sp³-hybridized carbons (Fsp3) is 0.250. The van der Waals surface area contributed by atoms with E-state index in [9.17, 15) is 8.42 Å². The van der Waals surface area contributed by atoms with E-state index < -0.39 is 10.0 Å². The summed E-state index contributed by atoms with van der Waals surface area (Å²) in [4.78, 5) is 0. The molecule has 4 heteroatoms. The summed E-state index contributed by atoms with van der Waals surface area (Å²) in [5.74, 6) is 0.0991. The molecule has 0 unspecified atom stereocenters. The third kappa shape index (κ3) is 2.54. The first-order valence-corrected chi connectivity index (χ1v) is 5.35. The van der Waals surface area contributed by atoms with Gasteiger partial charge in [0.15, 0.2) is 0 Å². The van der Waals surface area contributed by atoms with Crippen LogP contribution in [0, 0.1) is 0 Å². The maximum absolute atomic E-state index is 11.1. The normalized spacial score (nSPS) is 11.1. The Morgan fingerprint density at radius 2 is 1.83 bits per heavy atom. The number of benzene rings is 1. The van der Waals surface area contributed by atoms with Gasteiger partial charge in [0.1, 0.15) is 0 Å². The van der Waals surface area contributed by atoms with Gasteiger partial charge in [0.25, 0.3) is 0 Å². The molecule has 0 aliphatic rings. The summed E-state index contributed by atoms with van der Waals surface area (Å²) in [6.07, 6.45) is 0. The van der Waals surface area contributed by atoms with Gasteiger partial charge in [0.05, 0.1) is 5.75 Å². The summed E-state index contributed by atoms with van der Waals surface area (Å²) < 4.78 is 24.6. The summed E-state index contributed by atoms with van der Waals surface area (Å²) in [6.45, 7) is 1.60. The second-order valence-electron chi connectivity index (χ2n) is 2.37.